The van der Waals surface area contributed by atoms with E-state index in [9.17, 15) is 23.1 Å². The summed E-state index contributed by atoms with van der Waals surface area (Å²) in [5.74, 6) is 0. The van der Waals surface area contributed by atoms with Crippen molar-refractivity contribution in [2.24, 2.45) is 5.41 Å². The Morgan fingerprint density at radius 3 is 2.81 bits per heavy atom. The molecule has 1 aromatic carbocycles. The summed E-state index contributed by atoms with van der Waals surface area (Å²) in [5, 5.41) is 14.8. The average molecular weight is 387 g/mol. The third-order valence-electron chi connectivity index (χ3n) is 5.15. The van der Waals surface area contributed by atoms with E-state index >= 15 is 0 Å². The zero-order valence-corrected chi connectivity index (χ0v) is 14.9. The summed E-state index contributed by atoms with van der Waals surface area (Å²) in [6.45, 7) is 0.863. The van der Waals surface area contributed by atoms with Crippen LogP contribution in [0.3, 0.4) is 0 Å². The Morgan fingerprint density at radius 2 is 2.15 bits per heavy atom. The summed E-state index contributed by atoms with van der Waals surface area (Å²) in [4.78, 5) is 13.6. The first-order valence-corrected chi connectivity index (χ1v) is 8.94. The fourth-order valence-corrected chi connectivity index (χ4v) is 3.72. The number of benzene rings is 1. The van der Waals surface area contributed by atoms with Crippen molar-refractivity contribution in [2.75, 3.05) is 38.2 Å². The first-order valence-electron chi connectivity index (χ1n) is 8.94. The standard InChI is InChI=1S/C18H24F3N3O3/c19-18(20,21)11-24-8-13-2-1-3-15(14(13)9-24)23-16(26)22-10-17(4-6-25)5-7-27-12-17/h1-3,25H,4-12H2,(H2,22,23,26). The van der Waals surface area contributed by atoms with Crippen LogP contribution in [-0.2, 0) is 17.8 Å². The van der Waals surface area contributed by atoms with Gasteiger partial charge in [0.2, 0.25) is 0 Å². The highest BCUT2D eigenvalue weighted by atomic mass is 19.4. The van der Waals surface area contributed by atoms with Crippen LogP contribution in [-0.4, -0.2) is 55.1 Å². The summed E-state index contributed by atoms with van der Waals surface area (Å²) in [6, 6.07) is 4.78. The largest absolute Gasteiger partial charge is 0.401 e. The lowest BCUT2D eigenvalue weighted by Crippen LogP contribution is -2.40. The molecule has 3 rings (SSSR count). The quantitative estimate of drug-likeness (QED) is 0.701. The number of carbonyl (C=O) groups excluding carboxylic acids is 1. The topological polar surface area (TPSA) is 73.8 Å². The number of nitrogens with one attached hydrogen (secondary N) is 2. The molecule has 0 radical (unpaired) electrons. The van der Waals surface area contributed by atoms with Crippen molar-refractivity contribution in [1.29, 1.82) is 0 Å². The van der Waals surface area contributed by atoms with Gasteiger partial charge in [-0.1, -0.05) is 12.1 Å². The predicted octanol–water partition coefficient (Wildman–Crippen LogP) is 2.48. The van der Waals surface area contributed by atoms with Crippen LogP contribution in [0.1, 0.15) is 24.0 Å². The van der Waals surface area contributed by atoms with E-state index in [0.29, 0.717) is 37.4 Å². The third kappa shape index (κ3) is 5.12. The van der Waals surface area contributed by atoms with Crippen molar-refractivity contribution in [3.05, 3.63) is 29.3 Å². The summed E-state index contributed by atoms with van der Waals surface area (Å²) in [7, 11) is 0. The minimum atomic E-state index is -4.25. The first kappa shape index (κ1) is 19.9. The molecule has 27 heavy (non-hydrogen) atoms. The fourth-order valence-electron chi connectivity index (χ4n) is 3.72. The number of ether oxygens (including phenoxy) is 1. The Balaban J connectivity index is 1.59. The van der Waals surface area contributed by atoms with Gasteiger partial charge in [-0.2, -0.15) is 13.2 Å². The van der Waals surface area contributed by atoms with Gasteiger partial charge in [0.1, 0.15) is 0 Å². The molecule has 0 aliphatic carbocycles. The highest BCUT2D eigenvalue weighted by Crippen LogP contribution is 2.33. The van der Waals surface area contributed by atoms with Crippen molar-refractivity contribution >= 4 is 11.7 Å². The highest BCUT2D eigenvalue weighted by molar-refractivity contribution is 5.90. The summed E-state index contributed by atoms with van der Waals surface area (Å²) in [6.07, 6.45) is -2.95. The van der Waals surface area contributed by atoms with Crippen LogP contribution in [0, 0.1) is 5.41 Å². The number of aliphatic hydroxyl groups excluding tert-OH is 1. The van der Waals surface area contributed by atoms with Gasteiger partial charge in [0.15, 0.2) is 0 Å². The molecule has 6 nitrogen and oxygen atoms in total. The number of urea groups is 1. The number of halogens is 3. The average Bonchev–Trinajstić information content (AvgIpc) is 3.19. The van der Waals surface area contributed by atoms with Gasteiger partial charge in [0.25, 0.3) is 0 Å². The SMILES string of the molecule is O=C(NCC1(CCO)CCOC1)Nc1cccc2c1CN(CC(F)(F)F)C2. The second-order valence-electron chi connectivity index (χ2n) is 7.29. The number of carbonyl (C=O) groups is 1. The maximum absolute atomic E-state index is 12.6. The zero-order valence-electron chi connectivity index (χ0n) is 14.9. The second kappa shape index (κ2) is 8.04. The molecule has 2 aliphatic rings. The molecule has 1 atom stereocenters. The van der Waals surface area contributed by atoms with Crippen LogP contribution in [0.4, 0.5) is 23.7 Å². The lowest BCUT2D eigenvalue weighted by molar-refractivity contribution is -0.146. The summed E-state index contributed by atoms with van der Waals surface area (Å²) in [5.41, 5.74) is 1.76. The number of hydrogen-bond acceptors (Lipinski definition) is 4. The molecule has 0 saturated carbocycles. The van der Waals surface area contributed by atoms with Crippen LogP contribution in [0.15, 0.2) is 18.2 Å². The number of rotatable bonds is 6. The van der Waals surface area contributed by atoms with Crippen LogP contribution >= 0.6 is 0 Å². The number of fused-ring (bicyclic) bond motifs is 1. The number of hydrogen-bond donors (Lipinski definition) is 3. The lowest BCUT2D eigenvalue weighted by Gasteiger charge is -2.26. The van der Waals surface area contributed by atoms with E-state index in [0.717, 1.165) is 12.0 Å². The molecule has 9 heteroatoms. The van der Waals surface area contributed by atoms with Crippen LogP contribution in [0.5, 0.6) is 0 Å². The molecule has 150 valence electrons. The van der Waals surface area contributed by atoms with E-state index in [1.807, 2.05) is 0 Å². The fraction of sp³-hybridized carbons (Fsp3) is 0.611. The molecule has 0 bridgehead atoms. The van der Waals surface area contributed by atoms with E-state index < -0.39 is 18.8 Å². The molecule has 1 fully saturated rings. The number of nitrogens with zero attached hydrogens (tertiary/aromatic N) is 1. The van der Waals surface area contributed by atoms with Crippen molar-refractivity contribution in [3.8, 4) is 0 Å². The van der Waals surface area contributed by atoms with Crippen molar-refractivity contribution < 1.29 is 27.8 Å². The normalized spacial score (nSPS) is 22.7. The molecule has 2 heterocycles. The van der Waals surface area contributed by atoms with Gasteiger partial charge >= 0.3 is 12.2 Å². The molecule has 1 saturated heterocycles. The molecule has 2 amide bonds. The van der Waals surface area contributed by atoms with E-state index in [4.69, 9.17) is 4.74 Å². The maximum Gasteiger partial charge on any atom is 0.401 e. The summed E-state index contributed by atoms with van der Waals surface area (Å²) >= 11 is 0. The smallest absolute Gasteiger partial charge is 0.396 e. The van der Waals surface area contributed by atoms with Gasteiger partial charge in [0, 0.05) is 44.0 Å². The van der Waals surface area contributed by atoms with Gasteiger partial charge in [-0.3, -0.25) is 4.90 Å². The van der Waals surface area contributed by atoms with Crippen LogP contribution in [0.2, 0.25) is 0 Å². The van der Waals surface area contributed by atoms with Crippen molar-refractivity contribution in [3.63, 3.8) is 0 Å². The van der Waals surface area contributed by atoms with Crippen LogP contribution < -0.4 is 10.6 Å². The number of aliphatic hydroxyl groups is 1. The maximum atomic E-state index is 12.6. The highest BCUT2D eigenvalue weighted by Gasteiger charge is 2.35. The van der Waals surface area contributed by atoms with Gasteiger partial charge in [0.05, 0.1) is 13.2 Å². The minimum Gasteiger partial charge on any atom is -0.396 e. The monoisotopic (exact) mass is 387 g/mol. The van der Waals surface area contributed by atoms with Gasteiger partial charge < -0.3 is 20.5 Å². The molecule has 1 aromatic rings. The van der Waals surface area contributed by atoms with E-state index in [1.54, 1.807) is 18.2 Å². The molecule has 0 spiro atoms. The Kier molecular flexibility index (Phi) is 5.92. The molecule has 2 aliphatic heterocycles. The molecule has 3 N–H and O–H groups in total. The first-order chi connectivity index (χ1) is 12.8. The molecule has 1 unspecified atom stereocenters. The Hall–Kier alpha value is -1.84. The molecular weight excluding hydrogens is 363 g/mol. The Labute approximate surface area is 155 Å². The van der Waals surface area contributed by atoms with Crippen LogP contribution in [0.25, 0.3) is 0 Å². The second-order valence-corrected chi connectivity index (χ2v) is 7.29. The number of alkyl halides is 3. The van der Waals surface area contributed by atoms with E-state index in [1.165, 1.54) is 4.90 Å². The Morgan fingerprint density at radius 1 is 1.33 bits per heavy atom. The van der Waals surface area contributed by atoms with Gasteiger partial charge in [-0.25, -0.2) is 4.79 Å². The molecule has 0 aromatic heterocycles. The van der Waals surface area contributed by atoms with E-state index in [2.05, 4.69) is 10.6 Å². The number of anilines is 1. The van der Waals surface area contributed by atoms with Crippen molar-refractivity contribution in [1.82, 2.24) is 10.2 Å². The summed E-state index contributed by atoms with van der Waals surface area (Å²) < 4.78 is 43.3. The van der Waals surface area contributed by atoms with Gasteiger partial charge in [-0.05, 0) is 30.0 Å². The third-order valence-corrected chi connectivity index (χ3v) is 5.15. The van der Waals surface area contributed by atoms with Gasteiger partial charge in [-0.15, -0.1) is 0 Å². The number of amides is 2. The molecular formula is C18H24F3N3O3. The Bertz CT molecular complexity index is 676. The minimum absolute atomic E-state index is 0.0217. The van der Waals surface area contributed by atoms with E-state index in [-0.39, 0.29) is 25.1 Å². The predicted molar refractivity (Wildman–Crippen MR) is 93.2 cm³/mol. The van der Waals surface area contributed by atoms with Crippen molar-refractivity contribution in [2.45, 2.75) is 32.1 Å². The zero-order chi connectivity index (χ0) is 19.5. The lowest BCUT2D eigenvalue weighted by atomic mass is 9.84.